The molecular weight excluding hydrogens is 701 g/mol. The lowest BCUT2D eigenvalue weighted by Crippen LogP contribution is -2.55. The van der Waals surface area contributed by atoms with Crippen LogP contribution < -0.4 is 19.8 Å². The van der Waals surface area contributed by atoms with Gasteiger partial charge in [-0.15, -0.1) is 11.3 Å². The molecule has 0 spiro atoms. The molecule has 10 nitrogen and oxygen atoms in total. The summed E-state index contributed by atoms with van der Waals surface area (Å²) >= 11 is 14.3. The minimum Gasteiger partial charge on any atom is -0.870 e. The third-order valence-corrected chi connectivity index (χ3v) is 11.2. The van der Waals surface area contributed by atoms with Gasteiger partial charge < -0.3 is 24.4 Å². The Bertz CT molecular complexity index is 1760. The first kappa shape index (κ1) is 37.5. The second-order valence-corrected chi connectivity index (χ2v) is 14.5. The van der Waals surface area contributed by atoms with Crippen molar-refractivity contribution in [1.29, 1.82) is 0 Å². The molecule has 13 heteroatoms. The third-order valence-electron chi connectivity index (χ3n) is 9.51. The summed E-state index contributed by atoms with van der Waals surface area (Å²) in [5.41, 5.74) is 1.04. The molecule has 2 aromatic carbocycles. The summed E-state index contributed by atoms with van der Waals surface area (Å²) in [6, 6.07) is 18.6. The maximum absolute atomic E-state index is 13.9. The van der Waals surface area contributed by atoms with Crippen molar-refractivity contribution in [2.45, 2.75) is 50.5 Å². The number of benzene rings is 2. The molecule has 5 heterocycles. The van der Waals surface area contributed by atoms with Crippen molar-refractivity contribution < 1.29 is 39.0 Å². The van der Waals surface area contributed by atoms with E-state index in [1.807, 2.05) is 49.4 Å². The lowest BCUT2D eigenvalue weighted by atomic mass is 9.85. The molecule has 1 unspecified atom stereocenters. The van der Waals surface area contributed by atoms with E-state index in [-0.39, 0.29) is 24.0 Å². The van der Waals surface area contributed by atoms with Crippen molar-refractivity contribution in [3.63, 3.8) is 0 Å². The second kappa shape index (κ2) is 16.5. The van der Waals surface area contributed by atoms with Crippen LogP contribution in [0.2, 0.25) is 10.0 Å². The van der Waals surface area contributed by atoms with E-state index in [1.54, 1.807) is 44.8 Å². The summed E-state index contributed by atoms with van der Waals surface area (Å²) in [6.45, 7) is 5.11. The van der Waals surface area contributed by atoms with Gasteiger partial charge in [-0.2, -0.15) is 0 Å². The Kier molecular flexibility index (Phi) is 12.4. The van der Waals surface area contributed by atoms with E-state index in [2.05, 4.69) is 15.2 Å². The predicted octanol–water partition coefficient (Wildman–Crippen LogP) is 6.49. The molecule has 3 N–H and O–H groups in total. The van der Waals surface area contributed by atoms with E-state index in [0.717, 1.165) is 42.9 Å². The van der Waals surface area contributed by atoms with Crippen LogP contribution in [0.1, 0.15) is 57.1 Å². The van der Waals surface area contributed by atoms with E-state index < -0.39 is 17.6 Å². The maximum Gasteiger partial charge on any atom is 0.348 e. The van der Waals surface area contributed by atoms with Gasteiger partial charge >= 0.3 is 11.9 Å². The van der Waals surface area contributed by atoms with Gasteiger partial charge in [0.1, 0.15) is 32.7 Å². The third kappa shape index (κ3) is 8.25. The molecule has 3 aliphatic heterocycles. The summed E-state index contributed by atoms with van der Waals surface area (Å²) in [5, 5.41) is 4.31. The van der Waals surface area contributed by atoms with Gasteiger partial charge in [-0.3, -0.25) is 10.2 Å². The number of fused-ring (bicyclic) bond motifs is 3. The first-order valence-corrected chi connectivity index (χ1v) is 17.8. The standard InChI is InChI=1S/C37H39Cl2N3O6S.H2O/c1-37(25-7-5-4-6-8-25,36(44)48-33-22-42-15-13-23(33)14-16-42)41-19-26-10-12-34(49-26)35(43)47-31(18-27-28(38)20-40-21-29(27)39)24-9-11-30(45-2)32(17-24)46-3;/h4-12,17,20-21,23,31,33,41H,13-16,18-19,22H2,1-3H3;1H2/t31-,33-,37?;/m0./s1. The largest absolute Gasteiger partial charge is 0.870 e. The number of H-pyrrole nitrogens is 1. The number of carbonyl (C=O) groups is 2. The number of ether oxygens (including phenoxy) is 4. The molecule has 2 bridgehead atoms. The molecule has 50 heavy (non-hydrogen) atoms. The number of carbonyl (C=O) groups excluding carboxylic acids is 2. The number of aromatic nitrogens is 1. The van der Waals surface area contributed by atoms with Crippen molar-refractivity contribution in [2.75, 3.05) is 33.9 Å². The molecule has 4 aromatic rings. The van der Waals surface area contributed by atoms with E-state index in [9.17, 15) is 9.59 Å². The molecule has 3 aliphatic rings. The normalized spacial score (nSPS) is 19.8. The molecule has 3 saturated heterocycles. The molecule has 0 radical (unpaired) electrons. The highest BCUT2D eigenvalue weighted by atomic mass is 35.5. The fourth-order valence-corrected chi connectivity index (χ4v) is 7.90. The lowest BCUT2D eigenvalue weighted by molar-refractivity contribution is -0.377. The van der Waals surface area contributed by atoms with Gasteiger partial charge in [0.15, 0.2) is 23.9 Å². The van der Waals surface area contributed by atoms with Crippen LogP contribution in [0.4, 0.5) is 0 Å². The lowest BCUT2D eigenvalue weighted by Gasteiger charge is -2.45. The van der Waals surface area contributed by atoms with E-state index in [1.165, 1.54) is 11.3 Å². The van der Waals surface area contributed by atoms with Gasteiger partial charge in [0, 0.05) is 30.0 Å². The number of thiophene rings is 1. The first-order chi connectivity index (χ1) is 23.7. The number of halogens is 2. The number of hydrogen-bond acceptors (Lipinski definition) is 10. The minimum absolute atomic E-state index is 0. The summed E-state index contributed by atoms with van der Waals surface area (Å²) in [7, 11) is 3.10. The van der Waals surface area contributed by atoms with Crippen LogP contribution in [-0.4, -0.2) is 62.3 Å². The number of nitrogens with zero attached hydrogens (tertiary/aromatic N) is 1. The number of methoxy groups -OCH3 is 2. The molecule has 3 fully saturated rings. The van der Waals surface area contributed by atoms with Gasteiger partial charge in [0.05, 0.1) is 14.2 Å². The summed E-state index contributed by atoms with van der Waals surface area (Å²) in [4.78, 5) is 34.1. The zero-order chi connectivity index (χ0) is 34.5. The fourth-order valence-electron chi connectivity index (χ4n) is 6.53. The van der Waals surface area contributed by atoms with Gasteiger partial charge in [-0.1, -0.05) is 59.6 Å². The molecule has 2 aromatic heterocycles. The molecule has 7 rings (SSSR count). The number of hydrogen-bond donors (Lipinski definition) is 1. The monoisotopic (exact) mass is 741 g/mol. The predicted molar refractivity (Wildman–Crippen MR) is 190 cm³/mol. The Morgan fingerprint density at radius 1 is 1.00 bits per heavy atom. The highest BCUT2D eigenvalue weighted by molar-refractivity contribution is 7.13. The van der Waals surface area contributed by atoms with Gasteiger partial charge in [0.25, 0.3) is 0 Å². The van der Waals surface area contributed by atoms with E-state index in [4.69, 9.17) is 42.1 Å². The molecule has 0 amide bonds. The quantitative estimate of drug-likeness (QED) is 0.153. The van der Waals surface area contributed by atoms with Crippen molar-refractivity contribution >= 4 is 46.5 Å². The molecular formula is C37H41Cl2N3O7S. The van der Waals surface area contributed by atoms with E-state index in [0.29, 0.717) is 50.0 Å². The number of piperidine rings is 3. The van der Waals surface area contributed by atoms with Crippen molar-refractivity contribution in [3.05, 3.63) is 110 Å². The SMILES string of the molecule is COc1ccc([C@H](Cc2c(Cl)c[nH+]cc2Cl)OC(=O)c2ccc(CNC(C)(C(=O)O[C@H]3CN4CCC3CC4)c3ccccc3)s2)cc1OC.[OH-]. The van der Waals surface area contributed by atoms with Crippen molar-refractivity contribution in [3.8, 4) is 11.5 Å². The fraction of sp³-hybridized carbons (Fsp3) is 0.378. The zero-order valence-corrected chi connectivity index (χ0v) is 30.4. The highest BCUT2D eigenvalue weighted by Crippen LogP contribution is 2.36. The van der Waals surface area contributed by atoms with Crippen LogP contribution in [-0.2, 0) is 32.8 Å². The topological polar surface area (TPSA) is 130 Å². The van der Waals surface area contributed by atoms with Crippen LogP contribution in [0.25, 0.3) is 0 Å². The Morgan fingerprint density at radius 3 is 2.34 bits per heavy atom. The molecule has 0 saturated carbocycles. The summed E-state index contributed by atoms with van der Waals surface area (Å²) in [5.74, 6) is 0.639. The minimum atomic E-state index is -1.10. The molecule has 0 aliphatic carbocycles. The van der Waals surface area contributed by atoms with Gasteiger partial charge in [-0.25, -0.2) is 14.6 Å². The van der Waals surface area contributed by atoms with Crippen LogP contribution in [0.3, 0.4) is 0 Å². The van der Waals surface area contributed by atoms with Crippen LogP contribution in [0.15, 0.2) is 73.1 Å². The highest BCUT2D eigenvalue weighted by Gasteiger charge is 2.42. The number of esters is 2. The average Bonchev–Trinajstić information content (AvgIpc) is 3.61. The Labute approximate surface area is 305 Å². The number of pyridine rings is 1. The Hall–Kier alpha value is -3.71. The smallest absolute Gasteiger partial charge is 0.348 e. The number of aromatic amines is 1. The summed E-state index contributed by atoms with van der Waals surface area (Å²) in [6.07, 6.45) is 4.74. The second-order valence-electron chi connectivity index (χ2n) is 12.5. The van der Waals surface area contributed by atoms with E-state index >= 15 is 0 Å². The molecule has 3 atom stereocenters. The van der Waals surface area contributed by atoms with Crippen molar-refractivity contribution in [1.82, 2.24) is 10.2 Å². The van der Waals surface area contributed by atoms with Gasteiger partial charge in [0.2, 0.25) is 0 Å². The van der Waals surface area contributed by atoms with Gasteiger partial charge in [-0.05, 0) is 74.2 Å². The molecule has 266 valence electrons. The average molecular weight is 743 g/mol. The van der Waals surface area contributed by atoms with Crippen LogP contribution in [0, 0.1) is 5.92 Å². The first-order valence-electron chi connectivity index (χ1n) is 16.3. The maximum atomic E-state index is 13.9. The van der Waals surface area contributed by atoms with Crippen molar-refractivity contribution in [2.24, 2.45) is 5.92 Å². The zero-order valence-electron chi connectivity index (χ0n) is 28.1. The Balaban J connectivity index is 0.00000486. The number of rotatable bonds is 13. The van der Waals surface area contributed by atoms with Crippen LogP contribution >= 0.6 is 34.5 Å². The Morgan fingerprint density at radius 2 is 1.70 bits per heavy atom. The summed E-state index contributed by atoms with van der Waals surface area (Å²) < 4.78 is 23.3. The van der Waals surface area contributed by atoms with Crippen LogP contribution in [0.5, 0.6) is 11.5 Å². The number of nitrogens with one attached hydrogen (secondary N) is 2.